The summed E-state index contributed by atoms with van der Waals surface area (Å²) in [6, 6.07) is 5.60. The third-order valence-electron chi connectivity index (χ3n) is 1.79. The van der Waals surface area contributed by atoms with Gasteiger partial charge in [0.2, 0.25) is 0 Å². The first kappa shape index (κ1) is 12.5. The molecule has 0 fully saturated rings. The second-order valence-corrected chi connectivity index (χ2v) is 2.98. The van der Waals surface area contributed by atoms with Gasteiger partial charge < -0.3 is 4.74 Å². The summed E-state index contributed by atoms with van der Waals surface area (Å²) in [4.78, 5) is 10.3. The van der Waals surface area contributed by atoms with E-state index in [9.17, 15) is 22.4 Å². The van der Waals surface area contributed by atoms with Crippen LogP contribution in [0.15, 0.2) is 24.3 Å². The molecule has 0 bridgehead atoms. The predicted octanol–water partition coefficient (Wildman–Crippen LogP) is 2.47. The number of benzene rings is 1. The fourth-order valence-electron chi connectivity index (χ4n) is 1.04. The quantitative estimate of drug-likeness (QED) is 0.595. The summed E-state index contributed by atoms with van der Waals surface area (Å²) in [5, 5.41) is 0. The molecule has 0 spiro atoms. The van der Waals surface area contributed by atoms with Crippen molar-refractivity contribution in [1.29, 1.82) is 0 Å². The molecule has 0 heterocycles. The van der Waals surface area contributed by atoms with Crippen molar-refractivity contribution in [2.24, 2.45) is 0 Å². The van der Waals surface area contributed by atoms with Crippen molar-refractivity contribution in [2.75, 3.05) is 6.61 Å². The lowest BCUT2D eigenvalue weighted by Gasteiger charge is -2.07. The Hall–Kier alpha value is -1.59. The van der Waals surface area contributed by atoms with Crippen LogP contribution in [0.5, 0.6) is 0 Å². The second kappa shape index (κ2) is 4.96. The first-order valence-electron chi connectivity index (χ1n) is 4.38. The Labute approximate surface area is 88.8 Å². The van der Waals surface area contributed by atoms with Crippen molar-refractivity contribution in [1.82, 2.24) is 0 Å². The molecule has 0 atom stereocenters. The zero-order valence-electron chi connectivity index (χ0n) is 8.05. The summed E-state index contributed by atoms with van der Waals surface area (Å²) in [5.41, 5.74) is 0.206. The van der Waals surface area contributed by atoms with Crippen LogP contribution < -0.4 is 0 Å². The highest BCUT2D eigenvalue weighted by atomic mass is 19.4. The van der Waals surface area contributed by atoms with Gasteiger partial charge in [-0.3, -0.25) is 0 Å². The van der Waals surface area contributed by atoms with E-state index in [1.54, 1.807) is 6.07 Å². The second-order valence-electron chi connectivity index (χ2n) is 2.98. The van der Waals surface area contributed by atoms with Crippen LogP contribution in [0.2, 0.25) is 0 Å². The molecule has 1 aromatic carbocycles. The van der Waals surface area contributed by atoms with E-state index in [4.69, 9.17) is 0 Å². The molecule has 6 heteroatoms. The number of alkyl halides is 3. The van der Waals surface area contributed by atoms with Crippen LogP contribution in [0.4, 0.5) is 17.6 Å². The van der Waals surface area contributed by atoms with E-state index in [0.29, 0.717) is 0 Å². The van der Waals surface area contributed by atoms with E-state index < -0.39 is 24.6 Å². The summed E-state index contributed by atoms with van der Waals surface area (Å²) in [7, 11) is 0. The Morgan fingerprint density at radius 3 is 2.44 bits per heavy atom. The number of rotatable bonds is 3. The molecule has 0 unspecified atom stereocenters. The zero-order valence-corrected chi connectivity index (χ0v) is 8.05. The normalized spacial score (nSPS) is 11.2. The lowest BCUT2D eigenvalue weighted by molar-refractivity contribution is -0.199. The molecular weight excluding hydrogens is 228 g/mol. The van der Waals surface area contributed by atoms with Gasteiger partial charge in [0.05, 0.1) is 6.61 Å². The van der Waals surface area contributed by atoms with E-state index in [2.05, 4.69) is 4.74 Å². The Morgan fingerprint density at radius 1 is 1.25 bits per heavy atom. The summed E-state index contributed by atoms with van der Waals surface area (Å²) >= 11 is 0. The van der Waals surface area contributed by atoms with Crippen LogP contribution in [-0.4, -0.2) is 18.8 Å². The molecule has 0 amide bonds. The Bertz CT molecular complexity index is 373. The third-order valence-corrected chi connectivity index (χ3v) is 1.79. The van der Waals surface area contributed by atoms with Crippen molar-refractivity contribution < 1.29 is 27.1 Å². The SMILES string of the molecule is O=C(OCCc1ccccc1F)C(F)(F)F. The van der Waals surface area contributed by atoms with Crippen molar-refractivity contribution in [3.05, 3.63) is 35.6 Å². The maximum atomic E-state index is 13.0. The molecule has 16 heavy (non-hydrogen) atoms. The van der Waals surface area contributed by atoms with Crippen molar-refractivity contribution >= 4 is 5.97 Å². The van der Waals surface area contributed by atoms with Crippen molar-refractivity contribution in [3.63, 3.8) is 0 Å². The summed E-state index contributed by atoms with van der Waals surface area (Å²) < 4.78 is 52.0. The zero-order chi connectivity index (χ0) is 12.2. The van der Waals surface area contributed by atoms with Gasteiger partial charge in [-0.2, -0.15) is 13.2 Å². The molecule has 2 nitrogen and oxygen atoms in total. The third kappa shape index (κ3) is 3.52. The van der Waals surface area contributed by atoms with Gasteiger partial charge in [0.25, 0.3) is 0 Å². The number of hydrogen-bond donors (Lipinski definition) is 0. The van der Waals surface area contributed by atoms with E-state index in [0.717, 1.165) is 0 Å². The fraction of sp³-hybridized carbons (Fsp3) is 0.300. The molecule has 1 aromatic rings. The van der Waals surface area contributed by atoms with E-state index >= 15 is 0 Å². The molecular formula is C10H8F4O2. The molecule has 0 aliphatic heterocycles. The molecule has 88 valence electrons. The van der Waals surface area contributed by atoms with Crippen LogP contribution in [0, 0.1) is 5.82 Å². The van der Waals surface area contributed by atoms with Crippen LogP contribution in [0.3, 0.4) is 0 Å². The van der Waals surface area contributed by atoms with Crippen LogP contribution in [0.25, 0.3) is 0 Å². The van der Waals surface area contributed by atoms with Gasteiger partial charge >= 0.3 is 12.1 Å². The Kier molecular flexibility index (Phi) is 3.87. The Balaban J connectivity index is 2.43. The van der Waals surface area contributed by atoms with Crippen molar-refractivity contribution in [2.45, 2.75) is 12.6 Å². The minimum Gasteiger partial charge on any atom is -0.459 e. The number of ether oxygens (including phenoxy) is 1. The largest absolute Gasteiger partial charge is 0.490 e. The van der Waals surface area contributed by atoms with Crippen LogP contribution in [0.1, 0.15) is 5.56 Å². The monoisotopic (exact) mass is 236 g/mol. The van der Waals surface area contributed by atoms with E-state index in [-0.39, 0.29) is 12.0 Å². The lowest BCUT2D eigenvalue weighted by Crippen LogP contribution is -2.26. The fourth-order valence-corrected chi connectivity index (χ4v) is 1.04. The number of carbonyl (C=O) groups is 1. The highest BCUT2D eigenvalue weighted by Gasteiger charge is 2.40. The molecule has 0 aliphatic carbocycles. The average molecular weight is 236 g/mol. The van der Waals surface area contributed by atoms with E-state index in [1.807, 2.05) is 0 Å². The van der Waals surface area contributed by atoms with Gasteiger partial charge in [-0.05, 0) is 11.6 Å². The van der Waals surface area contributed by atoms with Gasteiger partial charge in [-0.15, -0.1) is 0 Å². The molecule has 0 radical (unpaired) electrons. The molecule has 0 aliphatic rings. The summed E-state index contributed by atoms with van der Waals surface area (Å²) in [6.07, 6.45) is -5.09. The minimum atomic E-state index is -5.00. The summed E-state index contributed by atoms with van der Waals surface area (Å²) in [5.74, 6) is -2.80. The van der Waals surface area contributed by atoms with Crippen molar-refractivity contribution in [3.8, 4) is 0 Å². The maximum Gasteiger partial charge on any atom is 0.490 e. The van der Waals surface area contributed by atoms with Crippen LogP contribution in [-0.2, 0) is 16.0 Å². The van der Waals surface area contributed by atoms with Crippen LogP contribution >= 0.6 is 0 Å². The van der Waals surface area contributed by atoms with E-state index in [1.165, 1.54) is 18.2 Å². The molecule has 1 rings (SSSR count). The Morgan fingerprint density at radius 2 is 1.88 bits per heavy atom. The highest BCUT2D eigenvalue weighted by Crippen LogP contribution is 2.16. The predicted molar refractivity (Wildman–Crippen MR) is 47.1 cm³/mol. The highest BCUT2D eigenvalue weighted by molar-refractivity contribution is 5.75. The number of carbonyl (C=O) groups excluding carboxylic acids is 1. The standard InChI is InChI=1S/C10H8F4O2/c11-8-4-2-1-3-7(8)5-6-16-9(15)10(12,13)14/h1-4H,5-6H2. The molecule has 0 saturated carbocycles. The van der Waals surface area contributed by atoms with Gasteiger partial charge in [-0.1, -0.05) is 18.2 Å². The molecule has 0 aromatic heterocycles. The van der Waals surface area contributed by atoms with Gasteiger partial charge in [0.15, 0.2) is 0 Å². The lowest BCUT2D eigenvalue weighted by atomic mass is 10.1. The minimum absolute atomic E-state index is 0.0888. The average Bonchev–Trinajstić information content (AvgIpc) is 2.19. The van der Waals surface area contributed by atoms with Gasteiger partial charge in [0.1, 0.15) is 5.82 Å². The smallest absolute Gasteiger partial charge is 0.459 e. The number of halogens is 4. The molecule has 0 saturated heterocycles. The number of hydrogen-bond acceptors (Lipinski definition) is 2. The summed E-state index contributed by atoms with van der Waals surface area (Å²) in [6.45, 7) is -0.501. The maximum absolute atomic E-state index is 13.0. The first-order valence-corrected chi connectivity index (χ1v) is 4.38. The van der Waals surface area contributed by atoms with Gasteiger partial charge in [-0.25, -0.2) is 9.18 Å². The first-order chi connectivity index (χ1) is 7.41. The molecule has 0 N–H and O–H groups in total. The topological polar surface area (TPSA) is 26.3 Å². The van der Waals surface area contributed by atoms with Gasteiger partial charge in [0, 0.05) is 6.42 Å². The number of esters is 1.